The van der Waals surface area contributed by atoms with Crippen LogP contribution in [0.5, 0.6) is 0 Å². The fourth-order valence-electron chi connectivity index (χ4n) is 1.47. The Morgan fingerprint density at radius 2 is 2.14 bits per heavy atom. The van der Waals surface area contributed by atoms with Crippen LogP contribution in [-0.2, 0) is 10.2 Å². The molecule has 8 heteroatoms. The van der Waals surface area contributed by atoms with Crippen molar-refractivity contribution < 1.29 is 4.79 Å². The Bertz CT molecular complexity index is 683. The molecule has 2 aromatic rings. The fourth-order valence-corrected chi connectivity index (χ4v) is 4.41. The molecule has 2 heterocycles. The third-order valence-corrected chi connectivity index (χ3v) is 5.70. The molecule has 0 unspecified atom stereocenters. The monoisotopic (exact) mass is 463 g/mol. The molecule has 0 saturated heterocycles. The van der Waals surface area contributed by atoms with Gasteiger partial charge in [-0.2, -0.15) is 0 Å². The topological polar surface area (TPSA) is 54.9 Å². The summed E-state index contributed by atoms with van der Waals surface area (Å²) in [4.78, 5) is 20.7. The Balaban J connectivity index is 1.91. The summed E-state index contributed by atoms with van der Waals surface area (Å²) in [6.45, 7) is 6.37. The standard InChI is InChI=1S/C14H15Br2N3OS2/c1-14(2,3)10-6-21-13(18-10)22-7-11(20)19-12-9(16)4-8(15)5-17-12/h4-6H,7H2,1-3H3,(H,17,19,20). The molecule has 22 heavy (non-hydrogen) atoms. The van der Waals surface area contributed by atoms with Gasteiger partial charge in [0.1, 0.15) is 5.82 Å². The minimum absolute atomic E-state index is 0.0315. The van der Waals surface area contributed by atoms with Crippen LogP contribution >= 0.6 is 55.0 Å². The van der Waals surface area contributed by atoms with Crippen molar-refractivity contribution in [1.29, 1.82) is 0 Å². The quantitative estimate of drug-likeness (QED) is 0.640. The number of carbonyl (C=O) groups is 1. The average Bonchev–Trinajstić information content (AvgIpc) is 2.88. The third kappa shape index (κ3) is 5.04. The van der Waals surface area contributed by atoms with E-state index in [0.29, 0.717) is 11.6 Å². The van der Waals surface area contributed by atoms with Crippen LogP contribution in [0.2, 0.25) is 0 Å². The lowest BCUT2D eigenvalue weighted by Crippen LogP contribution is -2.15. The summed E-state index contributed by atoms with van der Waals surface area (Å²) in [5.41, 5.74) is 1.08. The van der Waals surface area contributed by atoms with Gasteiger partial charge in [0.15, 0.2) is 4.34 Å². The van der Waals surface area contributed by atoms with E-state index in [-0.39, 0.29) is 11.3 Å². The zero-order valence-electron chi connectivity index (χ0n) is 12.3. The van der Waals surface area contributed by atoms with Crippen LogP contribution in [0.3, 0.4) is 0 Å². The van der Waals surface area contributed by atoms with E-state index in [1.54, 1.807) is 17.5 Å². The van der Waals surface area contributed by atoms with Crippen molar-refractivity contribution in [1.82, 2.24) is 9.97 Å². The second kappa shape index (κ2) is 7.42. The number of aromatic nitrogens is 2. The maximum atomic E-state index is 12.0. The molecule has 118 valence electrons. The molecule has 0 fully saturated rings. The lowest BCUT2D eigenvalue weighted by atomic mass is 9.93. The molecule has 0 aromatic carbocycles. The first-order chi connectivity index (χ1) is 10.3. The summed E-state index contributed by atoms with van der Waals surface area (Å²) < 4.78 is 2.50. The molecule has 0 aliphatic rings. The van der Waals surface area contributed by atoms with Crippen molar-refractivity contribution in [3.05, 3.63) is 32.3 Å². The number of halogens is 2. The number of nitrogens with one attached hydrogen (secondary N) is 1. The number of nitrogens with zero attached hydrogens (tertiary/aromatic N) is 2. The molecule has 0 atom stereocenters. The van der Waals surface area contributed by atoms with Crippen LogP contribution < -0.4 is 5.32 Å². The van der Waals surface area contributed by atoms with E-state index in [9.17, 15) is 4.79 Å². The lowest BCUT2D eigenvalue weighted by molar-refractivity contribution is -0.113. The highest BCUT2D eigenvalue weighted by atomic mass is 79.9. The van der Waals surface area contributed by atoms with Crippen molar-refractivity contribution in [3.63, 3.8) is 0 Å². The van der Waals surface area contributed by atoms with Gasteiger partial charge in [0.05, 0.1) is 15.9 Å². The summed E-state index contributed by atoms with van der Waals surface area (Å²) in [5.74, 6) is 0.720. The summed E-state index contributed by atoms with van der Waals surface area (Å²) in [5, 5.41) is 4.83. The molecule has 0 saturated carbocycles. The van der Waals surface area contributed by atoms with Crippen molar-refractivity contribution in [3.8, 4) is 0 Å². The number of hydrogen-bond donors (Lipinski definition) is 1. The number of carbonyl (C=O) groups excluding carboxylic acids is 1. The highest BCUT2D eigenvalue weighted by Crippen LogP contribution is 2.29. The molecular weight excluding hydrogens is 450 g/mol. The maximum Gasteiger partial charge on any atom is 0.236 e. The number of rotatable bonds is 4. The summed E-state index contributed by atoms with van der Waals surface area (Å²) in [6.07, 6.45) is 1.64. The number of amides is 1. The molecule has 0 spiro atoms. The van der Waals surface area contributed by atoms with E-state index in [2.05, 4.69) is 67.9 Å². The number of hydrogen-bond acceptors (Lipinski definition) is 5. The summed E-state index contributed by atoms with van der Waals surface area (Å²) in [7, 11) is 0. The Hall–Kier alpha value is -0.440. The minimum atomic E-state index is -0.104. The number of pyridine rings is 1. The highest BCUT2D eigenvalue weighted by Gasteiger charge is 2.18. The molecule has 1 N–H and O–H groups in total. The number of thiazole rings is 1. The molecule has 0 aliphatic carbocycles. The average molecular weight is 465 g/mol. The van der Waals surface area contributed by atoms with E-state index >= 15 is 0 Å². The van der Waals surface area contributed by atoms with Crippen LogP contribution in [0.1, 0.15) is 26.5 Å². The number of anilines is 1. The Labute approximate surface area is 154 Å². The largest absolute Gasteiger partial charge is 0.309 e. The second-order valence-electron chi connectivity index (χ2n) is 5.57. The van der Waals surface area contributed by atoms with Gasteiger partial charge in [-0.15, -0.1) is 11.3 Å². The normalized spacial score (nSPS) is 11.5. The van der Waals surface area contributed by atoms with Gasteiger partial charge < -0.3 is 5.32 Å². The van der Waals surface area contributed by atoms with Crippen LogP contribution in [0, 0.1) is 0 Å². The molecule has 1 amide bonds. The molecular formula is C14H15Br2N3OS2. The molecule has 0 radical (unpaired) electrons. The Morgan fingerprint density at radius 1 is 1.41 bits per heavy atom. The van der Waals surface area contributed by atoms with Crippen molar-refractivity contribution in [2.45, 2.75) is 30.5 Å². The first-order valence-electron chi connectivity index (χ1n) is 6.45. The first-order valence-corrected chi connectivity index (χ1v) is 9.90. The number of thioether (sulfide) groups is 1. The van der Waals surface area contributed by atoms with E-state index in [4.69, 9.17) is 0 Å². The first kappa shape index (κ1) is 17.9. The van der Waals surface area contributed by atoms with Crippen LogP contribution in [0.25, 0.3) is 0 Å². The van der Waals surface area contributed by atoms with Crippen LogP contribution in [0.15, 0.2) is 30.9 Å². The second-order valence-corrected chi connectivity index (χ2v) is 9.42. The zero-order chi connectivity index (χ0) is 16.3. The van der Waals surface area contributed by atoms with Gasteiger partial charge in [-0.3, -0.25) is 4.79 Å². The van der Waals surface area contributed by atoms with Gasteiger partial charge >= 0.3 is 0 Å². The van der Waals surface area contributed by atoms with Gasteiger partial charge in [-0.25, -0.2) is 9.97 Å². The van der Waals surface area contributed by atoms with Gasteiger partial charge in [0.25, 0.3) is 0 Å². The van der Waals surface area contributed by atoms with Gasteiger partial charge in [-0.1, -0.05) is 32.5 Å². The smallest absolute Gasteiger partial charge is 0.236 e. The summed E-state index contributed by atoms with van der Waals surface area (Å²) >= 11 is 9.71. The SMILES string of the molecule is CC(C)(C)c1csc(SCC(=O)Nc2ncc(Br)cc2Br)n1. The molecule has 0 aliphatic heterocycles. The van der Waals surface area contributed by atoms with Crippen molar-refractivity contribution >= 4 is 66.7 Å². The maximum absolute atomic E-state index is 12.0. The predicted octanol–water partition coefficient (Wildman–Crippen LogP) is 5.09. The Kier molecular flexibility index (Phi) is 6.04. The molecule has 2 rings (SSSR count). The van der Waals surface area contributed by atoms with Crippen LogP contribution in [0.4, 0.5) is 5.82 Å². The lowest BCUT2D eigenvalue weighted by Gasteiger charge is -2.14. The predicted molar refractivity (Wildman–Crippen MR) is 99.8 cm³/mol. The Morgan fingerprint density at radius 3 is 2.73 bits per heavy atom. The molecule has 4 nitrogen and oxygen atoms in total. The van der Waals surface area contributed by atoms with Gasteiger partial charge in [0, 0.05) is 21.5 Å². The van der Waals surface area contributed by atoms with E-state index in [0.717, 1.165) is 19.0 Å². The third-order valence-electron chi connectivity index (χ3n) is 2.64. The highest BCUT2D eigenvalue weighted by molar-refractivity contribution is 9.11. The van der Waals surface area contributed by atoms with E-state index in [1.807, 2.05) is 11.4 Å². The molecule has 2 aromatic heterocycles. The minimum Gasteiger partial charge on any atom is -0.309 e. The van der Waals surface area contributed by atoms with Gasteiger partial charge in [-0.05, 0) is 37.9 Å². The van der Waals surface area contributed by atoms with Crippen LogP contribution in [-0.4, -0.2) is 21.6 Å². The van der Waals surface area contributed by atoms with Crippen molar-refractivity contribution in [2.24, 2.45) is 0 Å². The van der Waals surface area contributed by atoms with Gasteiger partial charge in [0.2, 0.25) is 5.91 Å². The van der Waals surface area contributed by atoms with Crippen molar-refractivity contribution in [2.75, 3.05) is 11.1 Å². The van der Waals surface area contributed by atoms with E-state index < -0.39 is 0 Å². The molecule has 0 bridgehead atoms. The fraction of sp³-hybridized carbons (Fsp3) is 0.357. The summed E-state index contributed by atoms with van der Waals surface area (Å²) in [6, 6.07) is 1.84. The zero-order valence-corrected chi connectivity index (χ0v) is 17.1. The van der Waals surface area contributed by atoms with E-state index in [1.165, 1.54) is 11.8 Å².